The van der Waals surface area contributed by atoms with E-state index in [1.165, 1.54) is 0 Å². The Kier molecular flexibility index (Phi) is 3.59. The Balaban J connectivity index is 2.06. The third-order valence-corrected chi connectivity index (χ3v) is 3.60. The van der Waals surface area contributed by atoms with Crippen molar-refractivity contribution in [1.82, 2.24) is 4.98 Å². The maximum Gasteiger partial charge on any atom is 0.166 e. The fourth-order valence-corrected chi connectivity index (χ4v) is 2.56. The molecule has 0 amide bonds. The van der Waals surface area contributed by atoms with Crippen LogP contribution in [-0.4, -0.2) is 16.8 Å². The van der Waals surface area contributed by atoms with Gasteiger partial charge in [-0.1, -0.05) is 36.4 Å². The number of benzene rings is 2. The van der Waals surface area contributed by atoms with Crippen LogP contribution in [0, 0.1) is 0 Å². The van der Waals surface area contributed by atoms with Crippen LogP contribution in [0.15, 0.2) is 54.7 Å². The predicted molar refractivity (Wildman–Crippen MR) is 86.3 cm³/mol. The van der Waals surface area contributed by atoms with Crippen molar-refractivity contribution in [2.45, 2.75) is 19.4 Å². The molecule has 2 aromatic carbocycles. The molecule has 3 heteroatoms. The molecule has 3 N–H and O–H groups in total. The smallest absolute Gasteiger partial charge is 0.166 e. The summed E-state index contributed by atoms with van der Waals surface area (Å²) in [5.74, 6) is 0.0847. The second-order valence-electron chi connectivity index (χ2n) is 5.43. The number of H-pyrrole nitrogens is 1. The van der Waals surface area contributed by atoms with E-state index in [0.29, 0.717) is 6.42 Å². The number of hydrogen-bond donors (Lipinski definition) is 2. The van der Waals surface area contributed by atoms with Gasteiger partial charge in [0.25, 0.3) is 0 Å². The molecule has 0 unspecified atom stereocenters. The van der Waals surface area contributed by atoms with Crippen molar-refractivity contribution in [3.63, 3.8) is 0 Å². The van der Waals surface area contributed by atoms with Crippen molar-refractivity contribution in [2.24, 2.45) is 5.73 Å². The molecule has 0 fully saturated rings. The molecule has 0 aliphatic heterocycles. The number of nitrogens with one attached hydrogen (secondary N) is 1. The minimum Gasteiger partial charge on any atom is -0.360 e. The molecule has 1 heterocycles. The number of carbonyl (C=O) groups is 1. The van der Waals surface area contributed by atoms with E-state index in [4.69, 9.17) is 5.73 Å². The average molecular weight is 278 g/mol. The average Bonchev–Trinajstić information content (AvgIpc) is 2.90. The zero-order chi connectivity index (χ0) is 14.8. The van der Waals surface area contributed by atoms with Crippen LogP contribution >= 0.6 is 0 Å². The summed E-state index contributed by atoms with van der Waals surface area (Å²) in [5, 5.41) is 0.960. The predicted octanol–water partition coefficient (Wildman–Crippen LogP) is 3.75. The van der Waals surface area contributed by atoms with Gasteiger partial charge in [-0.3, -0.25) is 4.79 Å². The van der Waals surface area contributed by atoms with Crippen LogP contribution in [0.4, 0.5) is 0 Å². The topological polar surface area (TPSA) is 58.9 Å². The lowest BCUT2D eigenvalue weighted by atomic mass is 10.00. The summed E-state index contributed by atoms with van der Waals surface area (Å²) in [6, 6.07) is 16.2. The maximum atomic E-state index is 12.3. The standard InChI is InChI=1S/C18H18N2O/c1-12(19)9-18(21)16-11-20-17-8-7-14(10-15(16)17)13-5-3-2-4-6-13/h2-8,10-12,20H,9,19H2,1H3/t12-/m0/s1. The molecule has 0 spiro atoms. The molecule has 1 atom stereocenters. The molecule has 0 bridgehead atoms. The largest absolute Gasteiger partial charge is 0.360 e. The van der Waals surface area contributed by atoms with E-state index in [2.05, 4.69) is 29.2 Å². The van der Waals surface area contributed by atoms with Gasteiger partial charge in [-0.15, -0.1) is 0 Å². The highest BCUT2D eigenvalue weighted by molar-refractivity contribution is 6.08. The first-order valence-electron chi connectivity index (χ1n) is 7.10. The number of aromatic nitrogens is 1. The number of ketones is 1. The van der Waals surface area contributed by atoms with Crippen molar-refractivity contribution >= 4 is 16.7 Å². The number of nitrogens with two attached hydrogens (primary N) is 1. The molecule has 3 nitrogen and oxygen atoms in total. The highest BCUT2D eigenvalue weighted by Gasteiger charge is 2.14. The van der Waals surface area contributed by atoms with Crippen LogP contribution in [0.1, 0.15) is 23.7 Å². The minimum atomic E-state index is -0.125. The molecule has 3 aromatic rings. The monoisotopic (exact) mass is 278 g/mol. The Morgan fingerprint density at radius 2 is 1.90 bits per heavy atom. The highest BCUT2D eigenvalue weighted by Crippen LogP contribution is 2.27. The van der Waals surface area contributed by atoms with Crippen molar-refractivity contribution in [3.8, 4) is 11.1 Å². The maximum absolute atomic E-state index is 12.3. The second kappa shape index (κ2) is 5.54. The highest BCUT2D eigenvalue weighted by atomic mass is 16.1. The lowest BCUT2D eigenvalue weighted by Gasteiger charge is -2.05. The van der Waals surface area contributed by atoms with Gasteiger partial charge in [-0.05, 0) is 30.2 Å². The Bertz CT molecular complexity index is 772. The van der Waals surface area contributed by atoms with Crippen molar-refractivity contribution in [3.05, 3.63) is 60.3 Å². The molecule has 0 aliphatic carbocycles. The normalized spacial score (nSPS) is 12.5. The van der Waals surface area contributed by atoms with Gasteiger partial charge in [-0.2, -0.15) is 0 Å². The van der Waals surface area contributed by atoms with E-state index >= 15 is 0 Å². The van der Waals surface area contributed by atoms with Crippen LogP contribution in [-0.2, 0) is 0 Å². The zero-order valence-electron chi connectivity index (χ0n) is 12.0. The van der Waals surface area contributed by atoms with E-state index < -0.39 is 0 Å². The summed E-state index contributed by atoms with van der Waals surface area (Å²) in [5.41, 5.74) is 9.68. The summed E-state index contributed by atoms with van der Waals surface area (Å²) in [7, 11) is 0. The third-order valence-electron chi connectivity index (χ3n) is 3.60. The Morgan fingerprint density at radius 1 is 1.14 bits per heavy atom. The van der Waals surface area contributed by atoms with Crippen molar-refractivity contribution < 1.29 is 4.79 Å². The summed E-state index contributed by atoms with van der Waals surface area (Å²) in [4.78, 5) is 15.4. The Labute approximate surface area is 123 Å². The molecule has 3 rings (SSSR count). The first-order chi connectivity index (χ1) is 10.1. The van der Waals surface area contributed by atoms with E-state index in [9.17, 15) is 4.79 Å². The quantitative estimate of drug-likeness (QED) is 0.714. The minimum absolute atomic E-state index is 0.0847. The number of fused-ring (bicyclic) bond motifs is 1. The summed E-state index contributed by atoms with van der Waals surface area (Å²) in [6.07, 6.45) is 2.15. The van der Waals surface area contributed by atoms with Crippen LogP contribution in [0.2, 0.25) is 0 Å². The SMILES string of the molecule is C[C@H](N)CC(=O)c1c[nH]c2ccc(-c3ccccc3)cc12. The van der Waals surface area contributed by atoms with E-state index in [0.717, 1.165) is 27.6 Å². The lowest BCUT2D eigenvalue weighted by Crippen LogP contribution is -2.19. The lowest BCUT2D eigenvalue weighted by molar-refractivity contribution is 0.0978. The molecule has 1 aromatic heterocycles. The second-order valence-corrected chi connectivity index (χ2v) is 5.43. The van der Waals surface area contributed by atoms with E-state index in [1.54, 1.807) is 6.20 Å². The first-order valence-corrected chi connectivity index (χ1v) is 7.10. The van der Waals surface area contributed by atoms with Crippen LogP contribution < -0.4 is 5.73 Å². The zero-order valence-corrected chi connectivity index (χ0v) is 12.0. The molecule has 21 heavy (non-hydrogen) atoms. The van der Waals surface area contributed by atoms with Crippen molar-refractivity contribution in [1.29, 1.82) is 0 Å². The first kappa shape index (κ1) is 13.6. The number of rotatable bonds is 4. The number of carbonyl (C=O) groups excluding carboxylic acids is 1. The molecule has 0 aliphatic rings. The molecular formula is C18H18N2O. The van der Waals surface area contributed by atoms with E-state index in [1.807, 2.05) is 31.2 Å². The van der Waals surface area contributed by atoms with Gasteiger partial charge < -0.3 is 10.7 Å². The summed E-state index contributed by atoms with van der Waals surface area (Å²) < 4.78 is 0. The van der Waals surface area contributed by atoms with Crippen molar-refractivity contribution in [2.75, 3.05) is 0 Å². The van der Waals surface area contributed by atoms with Gasteiger partial charge in [0.1, 0.15) is 0 Å². The van der Waals surface area contributed by atoms with E-state index in [-0.39, 0.29) is 11.8 Å². The molecular weight excluding hydrogens is 260 g/mol. The number of Topliss-reactive ketones (excluding diaryl/α,β-unsaturated/α-hetero) is 1. The van der Waals surface area contributed by atoms with Gasteiger partial charge >= 0.3 is 0 Å². The molecule has 0 saturated heterocycles. The Hall–Kier alpha value is -2.39. The van der Waals surface area contributed by atoms with Gasteiger partial charge in [-0.25, -0.2) is 0 Å². The third kappa shape index (κ3) is 2.73. The summed E-state index contributed by atoms with van der Waals surface area (Å²) >= 11 is 0. The fourth-order valence-electron chi connectivity index (χ4n) is 2.56. The van der Waals surface area contributed by atoms with Gasteiger partial charge in [0, 0.05) is 35.1 Å². The van der Waals surface area contributed by atoms with Gasteiger partial charge in [0.2, 0.25) is 0 Å². The molecule has 106 valence electrons. The van der Waals surface area contributed by atoms with Crippen LogP contribution in [0.3, 0.4) is 0 Å². The van der Waals surface area contributed by atoms with Gasteiger partial charge in [0.05, 0.1) is 0 Å². The number of aromatic amines is 1. The summed E-state index contributed by atoms with van der Waals surface area (Å²) in [6.45, 7) is 1.85. The fraction of sp³-hybridized carbons (Fsp3) is 0.167. The van der Waals surface area contributed by atoms with Crippen LogP contribution in [0.25, 0.3) is 22.0 Å². The van der Waals surface area contributed by atoms with Gasteiger partial charge in [0.15, 0.2) is 5.78 Å². The Morgan fingerprint density at radius 3 is 2.62 bits per heavy atom. The molecule has 0 saturated carbocycles. The number of hydrogen-bond acceptors (Lipinski definition) is 2. The molecule has 0 radical (unpaired) electrons. The van der Waals surface area contributed by atoms with Crippen LogP contribution in [0.5, 0.6) is 0 Å².